The highest BCUT2D eigenvalue weighted by molar-refractivity contribution is 7.99. The van der Waals surface area contributed by atoms with Crippen LogP contribution in [0.4, 0.5) is 4.39 Å². The van der Waals surface area contributed by atoms with Crippen molar-refractivity contribution in [2.24, 2.45) is 0 Å². The highest BCUT2D eigenvalue weighted by Crippen LogP contribution is 2.37. The van der Waals surface area contributed by atoms with E-state index in [0.29, 0.717) is 13.1 Å². The fraction of sp³-hybridized carbons (Fsp3) is 0.600. The third-order valence-electron chi connectivity index (χ3n) is 3.41. The van der Waals surface area contributed by atoms with Crippen LogP contribution in [0, 0.1) is 5.82 Å². The van der Waals surface area contributed by atoms with Crippen LogP contribution in [0.1, 0.15) is 24.9 Å². The maximum absolute atomic E-state index is 13.8. The Morgan fingerprint density at radius 2 is 2.25 bits per heavy atom. The standard InChI is InChI=1S/C15H23FN2OS/c1-15(19,10-18(2)3)9-17-13-7-8-20-14-11(13)5-4-6-12(14)16/h4-6,13,17,19H,7-10H2,1-3H3. The predicted octanol–water partition coefficient (Wildman–Crippen LogP) is 2.26. The maximum Gasteiger partial charge on any atom is 0.137 e. The molecule has 0 aliphatic carbocycles. The number of thioether (sulfide) groups is 1. The summed E-state index contributed by atoms with van der Waals surface area (Å²) in [6.07, 6.45) is 0.958. The lowest BCUT2D eigenvalue weighted by Gasteiger charge is -2.32. The molecule has 0 aromatic heterocycles. The summed E-state index contributed by atoms with van der Waals surface area (Å²) in [4.78, 5) is 2.72. The molecule has 0 amide bonds. The van der Waals surface area contributed by atoms with Crippen molar-refractivity contribution in [3.8, 4) is 0 Å². The molecule has 0 saturated carbocycles. The van der Waals surface area contributed by atoms with Gasteiger partial charge in [0.2, 0.25) is 0 Å². The zero-order valence-corrected chi connectivity index (χ0v) is 13.1. The fourth-order valence-electron chi connectivity index (χ4n) is 2.68. The number of halogens is 1. The normalized spacial score (nSPS) is 21.6. The second-order valence-electron chi connectivity index (χ2n) is 5.96. The minimum Gasteiger partial charge on any atom is -0.388 e. The number of rotatable bonds is 5. The van der Waals surface area contributed by atoms with Gasteiger partial charge in [0, 0.05) is 24.0 Å². The number of aliphatic hydroxyl groups is 1. The largest absolute Gasteiger partial charge is 0.388 e. The van der Waals surface area contributed by atoms with E-state index >= 15 is 0 Å². The Labute approximate surface area is 124 Å². The molecule has 3 nitrogen and oxygen atoms in total. The van der Waals surface area contributed by atoms with Gasteiger partial charge in [-0.15, -0.1) is 11.8 Å². The van der Waals surface area contributed by atoms with Gasteiger partial charge in [-0.05, 0) is 44.8 Å². The molecular weight excluding hydrogens is 275 g/mol. The van der Waals surface area contributed by atoms with Gasteiger partial charge in [-0.1, -0.05) is 12.1 Å². The van der Waals surface area contributed by atoms with Crippen molar-refractivity contribution >= 4 is 11.8 Å². The molecule has 1 aromatic rings. The smallest absolute Gasteiger partial charge is 0.137 e. The van der Waals surface area contributed by atoms with Crippen LogP contribution in [0.3, 0.4) is 0 Å². The lowest BCUT2D eigenvalue weighted by molar-refractivity contribution is 0.0310. The molecule has 0 saturated heterocycles. The van der Waals surface area contributed by atoms with Gasteiger partial charge < -0.3 is 15.3 Å². The molecular formula is C15H23FN2OS. The first-order valence-corrected chi connectivity index (χ1v) is 7.89. The topological polar surface area (TPSA) is 35.5 Å². The van der Waals surface area contributed by atoms with Crippen LogP contribution in [0.25, 0.3) is 0 Å². The van der Waals surface area contributed by atoms with Crippen molar-refractivity contribution < 1.29 is 9.50 Å². The van der Waals surface area contributed by atoms with Crippen molar-refractivity contribution in [3.63, 3.8) is 0 Å². The molecule has 1 aliphatic heterocycles. The van der Waals surface area contributed by atoms with Crippen molar-refractivity contribution in [1.82, 2.24) is 10.2 Å². The van der Waals surface area contributed by atoms with E-state index in [1.54, 1.807) is 17.8 Å². The summed E-state index contributed by atoms with van der Waals surface area (Å²) >= 11 is 1.58. The second kappa shape index (κ2) is 6.43. The molecule has 2 N–H and O–H groups in total. The van der Waals surface area contributed by atoms with Gasteiger partial charge in [-0.3, -0.25) is 0 Å². The van der Waals surface area contributed by atoms with Gasteiger partial charge in [0.15, 0.2) is 0 Å². The molecule has 1 heterocycles. The third-order valence-corrected chi connectivity index (χ3v) is 4.57. The van der Waals surface area contributed by atoms with Gasteiger partial charge in [0.25, 0.3) is 0 Å². The summed E-state index contributed by atoms with van der Waals surface area (Å²) in [5.41, 5.74) is 0.226. The average Bonchev–Trinajstić information content (AvgIpc) is 2.35. The molecule has 1 aliphatic rings. The summed E-state index contributed by atoms with van der Waals surface area (Å²) in [5.74, 6) is 0.764. The molecule has 1 aromatic carbocycles. The minimum absolute atomic E-state index is 0.121. The van der Waals surface area contributed by atoms with E-state index in [-0.39, 0.29) is 11.9 Å². The quantitative estimate of drug-likeness (QED) is 0.874. The molecule has 2 atom stereocenters. The van der Waals surface area contributed by atoms with Crippen LogP contribution in [-0.2, 0) is 0 Å². The number of fused-ring (bicyclic) bond motifs is 1. The first-order valence-electron chi connectivity index (χ1n) is 6.91. The zero-order chi connectivity index (χ0) is 14.8. The van der Waals surface area contributed by atoms with Crippen LogP contribution in [0.15, 0.2) is 23.1 Å². The molecule has 0 radical (unpaired) electrons. The van der Waals surface area contributed by atoms with Gasteiger partial charge in [0.05, 0.1) is 5.60 Å². The first kappa shape index (κ1) is 15.8. The Kier molecular flexibility index (Phi) is 5.07. The fourth-order valence-corrected chi connectivity index (χ4v) is 3.82. The van der Waals surface area contributed by atoms with Gasteiger partial charge in [0.1, 0.15) is 5.82 Å². The minimum atomic E-state index is -0.790. The van der Waals surface area contributed by atoms with Crippen molar-refractivity contribution in [2.75, 3.05) is 32.9 Å². The molecule has 0 fully saturated rings. The number of nitrogens with zero attached hydrogens (tertiary/aromatic N) is 1. The first-order chi connectivity index (χ1) is 9.39. The lowest BCUT2D eigenvalue weighted by Crippen LogP contribution is -2.46. The molecule has 0 spiro atoms. The Morgan fingerprint density at radius 1 is 1.50 bits per heavy atom. The van der Waals surface area contributed by atoms with Crippen LogP contribution < -0.4 is 5.32 Å². The molecule has 5 heteroatoms. The monoisotopic (exact) mass is 298 g/mol. The molecule has 20 heavy (non-hydrogen) atoms. The Morgan fingerprint density at radius 3 is 2.95 bits per heavy atom. The summed E-state index contributed by atoms with van der Waals surface area (Å²) in [5, 5.41) is 13.7. The van der Waals surface area contributed by atoms with Crippen molar-refractivity contribution in [3.05, 3.63) is 29.6 Å². The number of likely N-dealkylation sites (N-methyl/N-ethyl adjacent to an activating group) is 1. The van der Waals surface area contributed by atoms with Crippen LogP contribution in [0.5, 0.6) is 0 Å². The van der Waals surface area contributed by atoms with Crippen LogP contribution >= 0.6 is 11.8 Å². The number of hydrogen-bond acceptors (Lipinski definition) is 4. The zero-order valence-electron chi connectivity index (χ0n) is 12.3. The van der Waals surface area contributed by atoms with Crippen LogP contribution in [-0.4, -0.2) is 48.5 Å². The highest BCUT2D eigenvalue weighted by atomic mass is 32.2. The SMILES string of the molecule is CN(C)CC(C)(O)CNC1CCSc2c(F)cccc21. The Balaban J connectivity index is 2.04. The summed E-state index contributed by atoms with van der Waals surface area (Å²) in [6.45, 7) is 2.91. The van der Waals surface area contributed by atoms with Gasteiger partial charge in [-0.25, -0.2) is 4.39 Å². The van der Waals surface area contributed by atoms with Crippen molar-refractivity contribution in [1.29, 1.82) is 0 Å². The number of nitrogens with one attached hydrogen (secondary N) is 1. The van der Waals surface area contributed by atoms with Gasteiger partial charge in [-0.2, -0.15) is 0 Å². The third kappa shape index (κ3) is 3.95. The van der Waals surface area contributed by atoms with E-state index in [0.717, 1.165) is 22.6 Å². The van der Waals surface area contributed by atoms with E-state index in [2.05, 4.69) is 5.32 Å². The van der Waals surface area contributed by atoms with E-state index in [4.69, 9.17) is 0 Å². The highest BCUT2D eigenvalue weighted by Gasteiger charge is 2.27. The average molecular weight is 298 g/mol. The van der Waals surface area contributed by atoms with Crippen molar-refractivity contribution in [2.45, 2.75) is 29.9 Å². The Hall–Kier alpha value is -0.620. The van der Waals surface area contributed by atoms with Crippen LogP contribution in [0.2, 0.25) is 0 Å². The van der Waals surface area contributed by atoms with E-state index in [9.17, 15) is 9.50 Å². The number of hydrogen-bond donors (Lipinski definition) is 2. The molecule has 0 bridgehead atoms. The van der Waals surface area contributed by atoms with E-state index in [1.807, 2.05) is 32.0 Å². The summed E-state index contributed by atoms with van der Waals surface area (Å²) < 4.78 is 13.8. The van der Waals surface area contributed by atoms with E-state index in [1.165, 1.54) is 6.07 Å². The maximum atomic E-state index is 13.8. The number of benzene rings is 1. The summed E-state index contributed by atoms with van der Waals surface area (Å²) in [6, 6.07) is 5.36. The van der Waals surface area contributed by atoms with E-state index < -0.39 is 5.60 Å². The molecule has 2 rings (SSSR count). The molecule has 2 unspecified atom stereocenters. The summed E-state index contributed by atoms with van der Waals surface area (Å²) in [7, 11) is 3.88. The second-order valence-corrected chi connectivity index (χ2v) is 7.07. The predicted molar refractivity (Wildman–Crippen MR) is 81.7 cm³/mol. The lowest BCUT2D eigenvalue weighted by atomic mass is 10.0. The molecule has 112 valence electrons. The Bertz CT molecular complexity index is 465. The van der Waals surface area contributed by atoms with Gasteiger partial charge >= 0.3 is 0 Å².